The Morgan fingerprint density at radius 3 is 3.19 bits per heavy atom. The molecular formula is C12H19NO2S. The second-order valence-electron chi connectivity index (χ2n) is 4.25. The van der Waals surface area contributed by atoms with Gasteiger partial charge >= 0.3 is 0 Å². The number of hydrogen-bond acceptors (Lipinski definition) is 4. The monoisotopic (exact) mass is 241 g/mol. The normalized spacial score (nSPS) is 25.1. The average molecular weight is 241 g/mol. The molecule has 1 fully saturated rings. The maximum atomic E-state index is 5.55. The zero-order valence-electron chi connectivity index (χ0n) is 9.70. The SMILES string of the molecule is COC1(CNCCc2ccsc2)CCOC1. The van der Waals surface area contributed by atoms with Gasteiger partial charge in [-0.2, -0.15) is 11.3 Å². The zero-order chi connectivity index (χ0) is 11.3. The molecule has 1 unspecified atom stereocenters. The van der Waals surface area contributed by atoms with Gasteiger partial charge in [-0.1, -0.05) is 0 Å². The molecule has 0 aliphatic carbocycles. The summed E-state index contributed by atoms with van der Waals surface area (Å²) < 4.78 is 10.9. The number of thiophene rings is 1. The van der Waals surface area contributed by atoms with Gasteiger partial charge in [0.2, 0.25) is 0 Å². The van der Waals surface area contributed by atoms with Crippen molar-refractivity contribution in [2.24, 2.45) is 0 Å². The van der Waals surface area contributed by atoms with Gasteiger partial charge in [0.15, 0.2) is 0 Å². The molecule has 4 heteroatoms. The molecule has 0 aromatic carbocycles. The predicted molar refractivity (Wildman–Crippen MR) is 66.1 cm³/mol. The lowest BCUT2D eigenvalue weighted by atomic mass is 10.0. The molecule has 0 bridgehead atoms. The van der Waals surface area contributed by atoms with E-state index in [4.69, 9.17) is 9.47 Å². The fourth-order valence-electron chi connectivity index (χ4n) is 1.94. The number of hydrogen-bond donors (Lipinski definition) is 1. The highest BCUT2D eigenvalue weighted by atomic mass is 32.1. The van der Waals surface area contributed by atoms with Gasteiger partial charge < -0.3 is 14.8 Å². The van der Waals surface area contributed by atoms with Crippen LogP contribution in [0.4, 0.5) is 0 Å². The van der Waals surface area contributed by atoms with Crippen LogP contribution in [0, 0.1) is 0 Å². The minimum absolute atomic E-state index is 0.0886. The van der Waals surface area contributed by atoms with Crippen molar-refractivity contribution in [1.29, 1.82) is 0 Å². The highest BCUT2D eigenvalue weighted by molar-refractivity contribution is 7.07. The molecule has 0 spiro atoms. The Balaban J connectivity index is 1.67. The summed E-state index contributed by atoms with van der Waals surface area (Å²) >= 11 is 1.75. The van der Waals surface area contributed by atoms with Crippen molar-refractivity contribution in [1.82, 2.24) is 5.32 Å². The molecule has 1 aromatic heterocycles. The van der Waals surface area contributed by atoms with Crippen LogP contribution in [0.3, 0.4) is 0 Å². The first-order valence-corrected chi connectivity index (χ1v) is 6.64. The predicted octanol–water partition coefficient (Wildman–Crippen LogP) is 1.69. The summed E-state index contributed by atoms with van der Waals surface area (Å²) in [6.45, 7) is 3.42. The summed E-state index contributed by atoms with van der Waals surface area (Å²) in [6, 6.07) is 2.18. The van der Waals surface area contributed by atoms with E-state index in [-0.39, 0.29) is 5.60 Å². The van der Waals surface area contributed by atoms with E-state index >= 15 is 0 Å². The van der Waals surface area contributed by atoms with Crippen molar-refractivity contribution in [3.8, 4) is 0 Å². The topological polar surface area (TPSA) is 30.5 Å². The fourth-order valence-corrected chi connectivity index (χ4v) is 2.65. The Bertz CT molecular complexity index is 294. The smallest absolute Gasteiger partial charge is 0.106 e. The minimum atomic E-state index is -0.0886. The standard InChI is InChI=1S/C12H19NO2S/c1-14-12(4-6-15-10-12)9-13-5-2-11-3-7-16-8-11/h3,7-8,13H,2,4-6,9-10H2,1H3. The van der Waals surface area contributed by atoms with Crippen LogP contribution < -0.4 is 5.32 Å². The Morgan fingerprint density at radius 2 is 2.56 bits per heavy atom. The van der Waals surface area contributed by atoms with E-state index in [0.717, 1.165) is 39.1 Å². The quantitative estimate of drug-likeness (QED) is 0.769. The zero-order valence-corrected chi connectivity index (χ0v) is 10.5. The fraction of sp³-hybridized carbons (Fsp3) is 0.667. The number of nitrogens with one attached hydrogen (secondary N) is 1. The Kier molecular flexibility index (Phi) is 4.35. The molecule has 0 amide bonds. The molecule has 2 heterocycles. The van der Waals surface area contributed by atoms with Gasteiger partial charge in [0.1, 0.15) is 5.60 Å². The van der Waals surface area contributed by atoms with E-state index in [1.54, 1.807) is 18.4 Å². The highest BCUT2D eigenvalue weighted by Gasteiger charge is 2.34. The third-order valence-electron chi connectivity index (χ3n) is 3.12. The minimum Gasteiger partial charge on any atom is -0.378 e. The Morgan fingerprint density at radius 1 is 1.62 bits per heavy atom. The van der Waals surface area contributed by atoms with Gasteiger partial charge in [-0.05, 0) is 35.4 Å². The summed E-state index contributed by atoms with van der Waals surface area (Å²) in [4.78, 5) is 0. The van der Waals surface area contributed by atoms with Crippen molar-refractivity contribution in [3.05, 3.63) is 22.4 Å². The third-order valence-corrected chi connectivity index (χ3v) is 3.85. The second kappa shape index (κ2) is 5.77. The number of rotatable bonds is 6. The maximum Gasteiger partial charge on any atom is 0.106 e. The summed E-state index contributed by atoms with van der Waals surface area (Å²) in [6.07, 6.45) is 2.08. The molecule has 1 aromatic rings. The van der Waals surface area contributed by atoms with Crippen LogP contribution in [0.5, 0.6) is 0 Å². The van der Waals surface area contributed by atoms with Gasteiger partial charge in [0.05, 0.1) is 6.61 Å². The van der Waals surface area contributed by atoms with Crippen molar-refractivity contribution in [2.75, 3.05) is 33.4 Å². The number of methoxy groups -OCH3 is 1. The average Bonchev–Trinajstić information content (AvgIpc) is 2.97. The van der Waals surface area contributed by atoms with Crippen LogP contribution in [0.15, 0.2) is 16.8 Å². The summed E-state index contributed by atoms with van der Waals surface area (Å²) in [5.41, 5.74) is 1.32. The van der Waals surface area contributed by atoms with Crippen molar-refractivity contribution in [3.63, 3.8) is 0 Å². The first-order valence-electron chi connectivity index (χ1n) is 5.69. The highest BCUT2D eigenvalue weighted by Crippen LogP contribution is 2.21. The number of ether oxygens (including phenoxy) is 2. The van der Waals surface area contributed by atoms with Gasteiger partial charge in [0.25, 0.3) is 0 Å². The molecule has 0 saturated carbocycles. The van der Waals surface area contributed by atoms with E-state index in [1.807, 2.05) is 0 Å². The molecule has 1 aliphatic heterocycles. The first kappa shape index (κ1) is 12.0. The van der Waals surface area contributed by atoms with Crippen LogP contribution in [-0.2, 0) is 15.9 Å². The van der Waals surface area contributed by atoms with Gasteiger partial charge in [-0.25, -0.2) is 0 Å². The third kappa shape index (κ3) is 3.04. The maximum absolute atomic E-state index is 5.55. The van der Waals surface area contributed by atoms with E-state index < -0.39 is 0 Å². The molecule has 0 radical (unpaired) electrons. The molecule has 1 atom stereocenters. The Labute approximate surface area is 101 Å². The van der Waals surface area contributed by atoms with Crippen LogP contribution >= 0.6 is 11.3 Å². The van der Waals surface area contributed by atoms with Crippen LogP contribution in [0.25, 0.3) is 0 Å². The van der Waals surface area contributed by atoms with Gasteiger partial charge in [-0.3, -0.25) is 0 Å². The van der Waals surface area contributed by atoms with Gasteiger partial charge in [0, 0.05) is 26.7 Å². The summed E-state index contributed by atoms with van der Waals surface area (Å²) in [5, 5.41) is 7.78. The van der Waals surface area contributed by atoms with E-state index in [1.165, 1.54) is 5.56 Å². The van der Waals surface area contributed by atoms with E-state index in [9.17, 15) is 0 Å². The first-order chi connectivity index (χ1) is 7.85. The molecule has 2 rings (SSSR count). The van der Waals surface area contributed by atoms with Gasteiger partial charge in [-0.15, -0.1) is 0 Å². The Hall–Kier alpha value is -0.420. The largest absolute Gasteiger partial charge is 0.378 e. The van der Waals surface area contributed by atoms with E-state index in [0.29, 0.717) is 0 Å². The second-order valence-corrected chi connectivity index (χ2v) is 5.03. The van der Waals surface area contributed by atoms with Crippen molar-refractivity contribution >= 4 is 11.3 Å². The summed E-state index contributed by atoms with van der Waals surface area (Å²) in [7, 11) is 1.77. The van der Waals surface area contributed by atoms with E-state index in [2.05, 4.69) is 22.1 Å². The van der Waals surface area contributed by atoms with Crippen molar-refractivity contribution in [2.45, 2.75) is 18.4 Å². The lowest BCUT2D eigenvalue weighted by molar-refractivity contribution is -0.0155. The molecule has 90 valence electrons. The summed E-state index contributed by atoms with van der Waals surface area (Å²) in [5.74, 6) is 0. The molecule has 16 heavy (non-hydrogen) atoms. The molecule has 1 aliphatic rings. The molecule has 1 saturated heterocycles. The molecule has 3 nitrogen and oxygen atoms in total. The lowest BCUT2D eigenvalue weighted by Crippen LogP contribution is -2.43. The molecular weight excluding hydrogens is 222 g/mol. The lowest BCUT2D eigenvalue weighted by Gasteiger charge is -2.25. The molecule has 1 N–H and O–H groups in total. The van der Waals surface area contributed by atoms with Crippen LogP contribution in [0.2, 0.25) is 0 Å². The van der Waals surface area contributed by atoms with Crippen LogP contribution in [-0.4, -0.2) is 39.0 Å². The van der Waals surface area contributed by atoms with Crippen LogP contribution in [0.1, 0.15) is 12.0 Å². The van der Waals surface area contributed by atoms with Crippen molar-refractivity contribution < 1.29 is 9.47 Å².